The molecule has 4 atom stereocenters. The van der Waals surface area contributed by atoms with Crippen LogP contribution in [0.25, 0.3) is 0 Å². The molecule has 0 spiro atoms. The molecule has 0 aromatic heterocycles. The minimum atomic E-state index is -0.126. The molecule has 0 aliphatic heterocycles. The first-order valence-electron chi connectivity index (χ1n) is 5.15. The van der Waals surface area contributed by atoms with Gasteiger partial charge in [0, 0.05) is 0 Å². The van der Waals surface area contributed by atoms with Gasteiger partial charge in [0.1, 0.15) is 0 Å². The Kier molecular flexibility index (Phi) is 2.37. The molecule has 2 saturated carbocycles. The molecule has 2 nitrogen and oxygen atoms in total. The SMILES string of the molecule is O[C@@H]1CC[C@@H](O)[C@H]2CCCC[C@H]21. The van der Waals surface area contributed by atoms with E-state index in [0.717, 1.165) is 25.7 Å². The van der Waals surface area contributed by atoms with E-state index >= 15 is 0 Å². The van der Waals surface area contributed by atoms with Crippen molar-refractivity contribution in [3.63, 3.8) is 0 Å². The van der Waals surface area contributed by atoms with Crippen molar-refractivity contribution in [1.29, 1.82) is 0 Å². The first kappa shape index (κ1) is 8.52. The molecule has 2 aliphatic rings. The van der Waals surface area contributed by atoms with E-state index in [9.17, 15) is 10.2 Å². The lowest BCUT2D eigenvalue weighted by atomic mass is 9.68. The fourth-order valence-corrected chi connectivity index (χ4v) is 2.91. The van der Waals surface area contributed by atoms with Gasteiger partial charge in [0.05, 0.1) is 12.2 Å². The molecule has 2 rings (SSSR count). The van der Waals surface area contributed by atoms with Gasteiger partial charge in [-0.1, -0.05) is 12.8 Å². The Morgan fingerprint density at radius 2 is 1.08 bits per heavy atom. The maximum atomic E-state index is 9.71. The molecule has 2 aliphatic carbocycles. The van der Waals surface area contributed by atoms with E-state index in [1.54, 1.807) is 0 Å². The van der Waals surface area contributed by atoms with Crippen molar-refractivity contribution in [3.8, 4) is 0 Å². The zero-order chi connectivity index (χ0) is 8.55. The molecule has 0 heterocycles. The van der Waals surface area contributed by atoms with Crippen LogP contribution < -0.4 is 0 Å². The fraction of sp³-hybridized carbons (Fsp3) is 1.00. The summed E-state index contributed by atoms with van der Waals surface area (Å²) in [7, 11) is 0. The van der Waals surface area contributed by atoms with Crippen molar-refractivity contribution in [2.24, 2.45) is 11.8 Å². The minimum absolute atomic E-state index is 0.126. The van der Waals surface area contributed by atoms with Crippen molar-refractivity contribution in [2.45, 2.75) is 50.7 Å². The minimum Gasteiger partial charge on any atom is -0.393 e. The number of hydrogen-bond acceptors (Lipinski definition) is 2. The molecular formula is C10H18O2. The number of fused-ring (bicyclic) bond motifs is 1. The quantitative estimate of drug-likeness (QED) is 0.575. The lowest BCUT2D eigenvalue weighted by Crippen LogP contribution is -2.42. The second-order valence-corrected chi connectivity index (χ2v) is 4.32. The van der Waals surface area contributed by atoms with Gasteiger partial charge in [0.2, 0.25) is 0 Å². The summed E-state index contributed by atoms with van der Waals surface area (Å²) in [6.45, 7) is 0. The molecule has 0 unspecified atom stereocenters. The predicted octanol–water partition coefficient (Wildman–Crippen LogP) is 1.31. The van der Waals surface area contributed by atoms with Crippen molar-refractivity contribution in [2.75, 3.05) is 0 Å². The third-order valence-corrected chi connectivity index (χ3v) is 3.62. The maximum absolute atomic E-state index is 9.71. The van der Waals surface area contributed by atoms with Gasteiger partial charge in [-0.15, -0.1) is 0 Å². The smallest absolute Gasteiger partial charge is 0.0573 e. The van der Waals surface area contributed by atoms with Crippen LogP contribution in [0.2, 0.25) is 0 Å². The number of rotatable bonds is 0. The van der Waals surface area contributed by atoms with Gasteiger partial charge < -0.3 is 10.2 Å². The largest absolute Gasteiger partial charge is 0.393 e. The van der Waals surface area contributed by atoms with Crippen molar-refractivity contribution in [1.82, 2.24) is 0 Å². The lowest BCUT2D eigenvalue weighted by Gasteiger charge is -2.41. The predicted molar refractivity (Wildman–Crippen MR) is 46.7 cm³/mol. The molecule has 2 heteroatoms. The van der Waals surface area contributed by atoms with Gasteiger partial charge in [-0.3, -0.25) is 0 Å². The Balaban J connectivity index is 2.05. The van der Waals surface area contributed by atoms with Crippen LogP contribution >= 0.6 is 0 Å². The molecule has 0 saturated heterocycles. The summed E-state index contributed by atoms with van der Waals surface area (Å²) in [5, 5.41) is 19.4. The molecule has 0 aromatic carbocycles. The Morgan fingerprint density at radius 1 is 0.667 bits per heavy atom. The molecule has 2 fully saturated rings. The van der Waals surface area contributed by atoms with Crippen molar-refractivity contribution in [3.05, 3.63) is 0 Å². The summed E-state index contributed by atoms with van der Waals surface area (Å²) in [6.07, 6.45) is 6.10. The Hall–Kier alpha value is -0.0800. The summed E-state index contributed by atoms with van der Waals surface area (Å²) in [5.74, 6) is 0.810. The number of hydrogen-bond donors (Lipinski definition) is 2. The van der Waals surface area contributed by atoms with Crippen LogP contribution in [-0.4, -0.2) is 22.4 Å². The van der Waals surface area contributed by atoms with Gasteiger partial charge in [0.25, 0.3) is 0 Å². The van der Waals surface area contributed by atoms with Gasteiger partial charge in [-0.2, -0.15) is 0 Å². The van der Waals surface area contributed by atoms with Crippen molar-refractivity contribution >= 4 is 0 Å². The fourth-order valence-electron chi connectivity index (χ4n) is 2.91. The summed E-state index contributed by atoms with van der Waals surface area (Å²) in [5.41, 5.74) is 0. The Bertz CT molecular complexity index is 140. The number of aliphatic hydroxyl groups is 2. The Labute approximate surface area is 73.6 Å². The van der Waals surface area contributed by atoms with Gasteiger partial charge in [-0.05, 0) is 37.5 Å². The molecule has 0 amide bonds. The average Bonchev–Trinajstić information content (AvgIpc) is 2.12. The Morgan fingerprint density at radius 3 is 1.50 bits per heavy atom. The van der Waals surface area contributed by atoms with Crippen LogP contribution in [-0.2, 0) is 0 Å². The van der Waals surface area contributed by atoms with Crippen LogP contribution in [0.1, 0.15) is 38.5 Å². The van der Waals surface area contributed by atoms with Gasteiger partial charge in [-0.25, -0.2) is 0 Å². The molecular weight excluding hydrogens is 152 g/mol. The van der Waals surface area contributed by atoms with Crippen LogP contribution in [0, 0.1) is 11.8 Å². The van der Waals surface area contributed by atoms with E-state index in [1.165, 1.54) is 12.8 Å². The normalized spacial score (nSPS) is 48.5. The summed E-state index contributed by atoms with van der Waals surface area (Å²) < 4.78 is 0. The first-order valence-corrected chi connectivity index (χ1v) is 5.15. The van der Waals surface area contributed by atoms with E-state index in [0.29, 0.717) is 11.8 Å². The van der Waals surface area contributed by atoms with E-state index in [4.69, 9.17) is 0 Å². The van der Waals surface area contributed by atoms with E-state index in [2.05, 4.69) is 0 Å². The van der Waals surface area contributed by atoms with Crippen LogP contribution in [0.3, 0.4) is 0 Å². The second kappa shape index (κ2) is 3.35. The van der Waals surface area contributed by atoms with E-state index in [-0.39, 0.29) is 12.2 Å². The molecule has 0 bridgehead atoms. The van der Waals surface area contributed by atoms with E-state index in [1.807, 2.05) is 0 Å². The highest BCUT2D eigenvalue weighted by molar-refractivity contribution is 4.89. The van der Waals surface area contributed by atoms with Crippen molar-refractivity contribution < 1.29 is 10.2 Å². The second-order valence-electron chi connectivity index (χ2n) is 4.32. The topological polar surface area (TPSA) is 40.5 Å². The first-order chi connectivity index (χ1) is 5.79. The summed E-state index contributed by atoms with van der Waals surface area (Å²) in [6, 6.07) is 0. The summed E-state index contributed by atoms with van der Waals surface area (Å²) >= 11 is 0. The molecule has 0 aromatic rings. The monoisotopic (exact) mass is 170 g/mol. The highest BCUT2D eigenvalue weighted by atomic mass is 16.3. The zero-order valence-electron chi connectivity index (χ0n) is 7.45. The van der Waals surface area contributed by atoms with Crippen LogP contribution in [0.15, 0.2) is 0 Å². The average molecular weight is 170 g/mol. The zero-order valence-corrected chi connectivity index (χ0v) is 7.45. The van der Waals surface area contributed by atoms with Gasteiger partial charge >= 0.3 is 0 Å². The standard InChI is InChI=1S/C10H18O2/c11-9-5-6-10(12)8-4-2-1-3-7(8)9/h7-12H,1-6H2/t7-,8+,9-,10-/m1/s1. The third-order valence-electron chi connectivity index (χ3n) is 3.62. The molecule has 2 N–H and O–H groups in total. The highest BCUT2D eigenvalue weighted by Crippen LogP contribution is 2.40. The van der Waals surface area contributed by atoms with Crippen LogP contribution in [0.4, 0.5) is 0 Å². The van der Waals surface area contributed by atoms with Crippen LogP contribution in [0.5, 0.6) is 0 Å². The highest BCUT2D eigenvalue weighted by Gasteiger charge is 2.38. The van der Waals surface area contributed by atoms with E-state index < -0.39 is 0 Å². The molecule has 70 valence electrons. The van der Waals surface area contributed by atoms with Gasteiger partial charge in [0.15, 0.2) is 0 Å². The summed E-state index contributed by atoms with van der Waals surface area (Å²) in [4.78, 5) is 0. The lowest BCUT2D eigenvalue weighted by molar-refractivity contribution is -0.0608. The third kappa shape index (κ3) is 1.38. The number of aliphatic hydroxyl groups excluding tert-OH is 2. The molecule has 0 radical (unpaired) electrons. The molecule has 12 heavy (non-hydrogen) atoms. The maximum Gasteiger partial charge on any atom is 0.0573 e.